The first-order chi connectivity index (χ1) is 3.11. The summed E-state index contributed by atoms with van der Waals surface area (Å²) >= 11 is -1.22. The minimum atomic E-state index is -1.22. The van der Waals surface area contributed by atoms with Crippen LogP contribution in [-0.2, 0) is 0 Å². The Morgan fingerprint density at radius 3 is 1.57 bits per heavy atom. The standard InChI is InChI=1S/C5H13GeN/c1-6(2,3)7-4-5-7/h4-5H2,1-3H3. The van der Waals surface area contributed by atoms with Gasteiger partial charge in [-0.1, -0.05) is 0 Å². The molecule has 1 rings (SSSR count). The molecule has 7 heavy (non-hydrogen) atoms. The fraction of sp³-hybridized carbons (Fsp3) is 1.00. The van der Waals surface area contributed by atoms with E-state index >= 15 is 0 Å². The Morgan fingerprint density at radius 1 is 1.14 bits per heavy atom. The fourth-order valence-corrected chi connectivity index (χ4v) is 3.75. The summed E-state index contributed by atoms with van der Waals surface area (Å²) in [7, 11) is 0. The molecule has 0 bridgehead atoms. The average molecular weight is 160 g/mol. The number of nitrogens with zero attached hydrogens (tertiary/aromatic N) is 1. The predicted molar refractivity (Wildman–Crippen MR) is 34.9 cm³/mol. The summed E-state index contributed by atoms with van der Waals surface area (Å²) < 4.78 is 2.62. The molecule has 0 spiro atoms. The van der Waals surface area contributed by atoms with E-state index in [1.165, 1.54) is 13.1 Å². The van der Waals surface area contributed by atoms with Crippen molar-refractivity contribution in [2.75, 3.05) is 13.1 Å². The molecule has 0 amide bonds. The molecular formula is C5H13GeN. The Kier molecular flexibility index (Phi) is 1.20. The molecular weight excluding hydrogens is 147 g/mol. The van der Waals surface area contributed by atoms with E-state index in [-0.39, 0.29) is 0 Å². The molecule has 42 valence electrons. The molecule has 0 aromatic rings. The molecule has 0 aromatic heterocycles. The van der Waals surface area contributed by atoms with Gasteiger partial charge in [0.15, 0.2) is 0 Å². The van der Waals surface area contributed by atoms with Crippen LogP contribution in [0.2, 0.25) is 17.3 Å². The molecule has 1 aliphatic rings. The summed E-state index contributed by atoms with van der Waals surface area (Å²) in [5.74, 6) is 7.31. The summed E-state index contributed by atoms with van der Waals surface area (Å²) in [5, 5.41) is 0. The zero-order valence-corrected chi connectivity index (χ0v) is 7.46. The van der Waals surface area contributed by atoms with E-state index in [2.05, 4.69) is 21.1 Å². The average Bonchev–Trinajstić information content (AvgIpc) is 1.99. The molecule has 1 aliphatic heterocycles. The molecule has 2 heteroatoms. The van der Waals surface area contributed by atoms with Crippen molar-refractivity contribution in [3.8, 4) is 0 Å². The second kappa shape index (κ2) is 1.49. The van der Waals surface area contributed by atoms with Crippen molar-refractivity contribution in [3.05, 3.63) is 0 Å². The Labute approximate surface area is 48.3 Å². The van der Waals surface area contributed by atoms with Crippen molar-refractivity contribution in [3.63, 3.8) is 0 Å². The SMILES string of the molecule is [CH3][Ge]([CH3])([CH3])[N]1CC1. The van der Waals surface area contributed by atoms with E-state index in [0.717, 1.165) is 0 Å². The van der Waals surface area contributed by atoms with Crippen LogP contribution in [0.4, 0.5) is 0 Å². The quantitative estimate of drug-likeness (QED) is 0.410. The van der Waals surface area contributed by atoms with Crippen molar-refractivity contribution in [2.45, 2.75) is 17.3 Å². The van der Waals surface area contributed by atoms with Gasteiger partial charge in [-0.25, -0.2) is 0 Å². The zero-order chi connectivity index (χ0) is 5.49. The van der Waals surface area contributed by atoms with Crippen molar-refractivity contribution in [2.24, 2.45) is 0 Å². The van der Waals surface area contributed by atoms with Crippen LogP contribution < -0.4 is 0 Å². The van der Waals surface area contributed by atoms with Gasteiger partial charge in [0.2, 0.25) is 0 Å². The van der Waals surface area contributed by atoms with Gasteiger partial charge in [-0.2, -0.15) is 0 Å². The topological polar surface area (TPSA) is 3.01 Å². The monoisotopic (exact) mass is 161 g/mol. The van der Waals surface area contributed by atoms with Crippen LogP contribution in [0.25, 0.3) is 0 Å². The number of hydrogen-bond donors (Lipinski definition) is 0. The molecule has 0 aromatic carbocycles. The minimum absolute atomic E-state index is 1.22. The van der Waals surface area contributed by atoms with Crippen LogP contribution in [-0.4, -0.2) is 30.4 Å². The Morgan fingerprint density at radius 2 is 1.57 bits per heavy atom. The van der Waals surface area contributed by atoms with E-state index in [1.807, 2.05) is 0 Å². The molecule has 0 aliphatic carbocycles. The molecule has 0 N–H and O–H groups in total. The summed E-state index contributed by atoms with van der Waals surface area (Å²) in [5.41, 5.74) is 0. The van der Waals surface area contributed by atoms with Crippen LogP contribution in [0, 0.1) is 0 Å². The van der Waals surface area contributed by atoms with E-state index in [9.17, 15) is 0 Å². The Hall–Kier alpha value is 0.503. The molecule has 0 unspecified atom stereocenters. The first kappa shape index (κ1) is 5.64. The van der Waals surface area contributed by atoms with Crippen molar-refractivity contribution in [1.29, 1.82) is 0 Å². The third-order valence-electron chi connectivity index (χ3n) is 1.40. The number of hydrogen-bond acceptors (Lipinski definition) is 1. The van der Waals surface area contributed by atoms with Crippen LogP contribution in [0.3, 0.4) is 0 Å². The molecule has 0 radical (unpaired) electrons. The van der Waals surface area contributed by atoms with E-state index in [1.54, 1.807) is 0 Å². The third kappa shape index (κ3) is 1.46. The fourth-order valence-electron chi connectivity index (χ4n) is 0.721. The van der Waals surface area contributed by atoms with E-state index < -0.39 is 13.5 Å². The maximum absolute atomic E-state index is 2.62. The van der Waals surface area contributed by atoms with Crippen LogP contribution >= 0.6 is 0 Å². The van der Waals surface area contributed by atoms with Gasteiger partial charge in [-0.3, -0.25) is 0 Å². The van der Waals surface area contributed by atoms with Crippen molar-refractivity contribution in [1.82, 2.24) is 3.86 Å². The van der Waals surface area contributed by atoms with Crippen LogP contribution in [0.15, 0.2) is 0 Å². The van der Waals surface area contributed by atoms with Gasteiger partial charge in [0, 0.05) is 0 Å². The summed E-state index contributed by atoms with van der Waals surface area (Å²) in [6.07, 6.45) is 0. The van der Waals surface area contributed by atoms with Gasteiger partial charge in [0.1, 0.15) is 0 Å². The van der Waals surface area contributed by atoms with Crippen LogP contribution in [0.1, 0.15) is 0 Å². The van der Waals surface area contributed by atoms with Gasteiger partial charge in [-0.15, -0.1) is 0 Å². The summed E-state index contributed by atoms with van der Waals surface area (Å²) in [4.78, 5) is 0. The van der Waals surface area contributed by atoms with Gasteiger partial charge < -0.3 is 0 Å². The predicted octanol–water partition coefficient (Wildman–Crippen LogP) is 1.14. The van der Waals surface area contributed by atoms with Crippen molar-refractivity contribution >= 4 is 13.5 Å². The number of rotatable bonds is 1. The van der Waals surface area contributed by atoms with Gasteiger partial charge in [0.25, 0.3) is 0 Å². The molecule has 1 nitrogen and oxygen atoms in total. The molecule has 0 saturated carbocycles. The molecule has 1 saturated heterocycles. The second-order valence-electron chi connectivity index (χ2n) is 3.16. The maximum atomic E-state index is 2.62. The molecule has 0 atom stereocenters. The Bertz CT molecular complexity index is 70.6. The normalized spacial score (nSPS) is 22.7. The first-order valence-corrected chi connectivity index (χ1v) is 10.1. The van der Waals surface area contributed by atoms with Gasteiger partial charge >= 0.3 is 47.7 Å². The van der Waals surface area contributed by atoms with E-state index in [4.69, 9.17) is 0 Å². The van der Waals surface area contributed by atoms with Crippen LogP contribution in [0.5, 0.6) is 0 Å². The zero-order valence-electron chi connectivity index (χ0n) is 5.36. The molecule has 1 heterocycles. The van der Waals surface area contributed by atoms with E-state index in [0.29, 0.717) is 0 Å². The first-order valence-electron chi connectivity index (χ1n) is 2.86. The summed E-state index contributed by atoms with van der Waals surface area (Å²) in [6.45, 7) is 2.78. The third-order valence-corrected chi connectivity index (χ3v) is 6.32. The summed E-state index contributed by atoms with van der Waals surface area (Å²) in [6, 6.07) is 0. The van der Waals surface area contributed by atoms with Crippen molar-refractivity contribution < 1.29 is 0 Å². The van der Waals surface area contributed by atoms with Gasteiger partial charge in [0.05, 0.1) is 0 Å². The molecule has 1 fully saturated rings. The Balaban J connectivity index is 2.36. The second-order valence-corrected chi connectivity index (χ2v) is 13.6. The van der Waals surface area contributed by atoms with Gasteiger partial charge in [-0.05, 0) is 0 Å².